The van der Waals surface area contributed by atoms with E-state index in [0.29, 0.717) is 36.1 Å². The number of hydrogen-bond acceptors (Lipinski definition) is 4. The monoisotopic (exact) mass is 502 g/mol. The van der Waals surface area contributed by atoms with E-state index >= 15 is 0 Å². The van der Waals surface area contributed by atoms with Gasteiger partial charge in [0.2, 0.25) is 0 Å². The topological polar surface area (TPSA) is 58.1 Å². The molecule has 154 valence electrons. The van der Waals surface area contributed by atoms with Crippen molar-refractivity contribution in [2.45, 2.75) is 13.1 Å². The maximum absolute atomic E-state index is 13.9. The highest BCUT2D eigenvalue weighted by Gasteiger charge is 2.08. The number of aliphatic imine (C=N–C) groups is 1. The summed E-state index contributed by atoms with van der Waals surface area (Å²) in [6, 6.07) is 10.7. The second-order valence-electron chi connectivity index (χ2n) is 6.28. The van der Waals surface area contributed by atoms with Gasteiger partial charge in [0.1, 0.15) is 5.82 Å². The van der Waals surface area contributed by atoms with Crippen molar-refractivity contribution in [3.8, 4) is 11.5 Å². The summed E-state index contributed by atoms with van der Waals surface area (Å²) in [5.74, 6) is 1.69. The van der Waals surface area contributed by atoms with Crippen LogP contribution >= 0.6 is 24.0 Å². The van der Waals surface area contributed by atoms with Gasteiger partial charge < -0.3 is 25.0 Å². The van der Waals surface area contributed by atoms with Gasteiger partial charge in [-0.25, -0.2) is 4.39 Å². The van der Waals surface area contributed by atoms with Crippen molar-refractivity contribution in [3.63, 3.8) is 0 Å². The smallest absolute Gasteiger partial charge is 0.195 e. The lowest BCUT2D eigenvalue weighted by molar-refractivity contribution is 0.355. The van der Waals surface area contributed by atoms with E-state index < -0.39 is 0 Å². The van der Waals surface area contributed by atoms with E-state index in [-0.39, 0.29) is 29.8 Å². The lowest BCUT2D eigenvalue weighted by Gasteiger charge is -2.15. The van der Waals surface area contributed by atoms with Crippen LogP contribution in [0.3, 0.4) is 0 Å². The first-order valence-corrected chi connectivity index (χ1v) is 8.58. The second-order valence-corrected chi connectivity index (χ2v) is 6.28. The molecule has 2 aromatic carbocycles. The normalized spacial score (nSPS) is 11.0. The number of benzene rings is 2. The van der Waals surface area contributed by atoms with Gasteiger partial charge in [0, 0.05) is 37.5 Å². The van der Waals surface area contributed by atoms with Crippen LogP contribution < -0.4 is 20.1 Å². The average molecular weight is 502 g/mol. The molecule has 0 amide bonds. The van der Waals surface area contributed by atoms with Crippen LogP contribution in [0.25, 0.3) is 0 Å². The van der Waals surface area contributed by atoms with Crippen LogP contribution in [0, 0.1) is 5.82 Å². The number of nitrogens with zero attached hydrogens (tertiary/aromatic N) is 2. The summed E-state index contributed by atoms with van der Waals surface area (Å²) in [6.07, 6.45) is 0. The van der Waals surface area contributed by atoms with E-state index in [2.05, 4.69) is 15.6 Å². The predicted molar refractivity (Wildman–Crippen MR) is 123 cm³/mol. The molecule has 0 aromatic heterocycles. The summed E-state index contributed by atoms with van der Waals surface area (Å²) < 4.78 is 24.5. The first kappa shape index (κ1) is 24.0. The molecule has 8 heteroatoms. The Hall–Kier alpha value is -2.07. The minimum Gasteiger partial charge on any atom is -0.493 e. The maximum atomic E-state index is 13.9. The van der Waals surface area contributed by atoms with Gasteiger partial charge in [-0.2, -0.15) is 0 Å². The SMILES string of the molecule is CN=C(NCc1ccc(F)c(CN(C)C)c1)Nc1ccc(OC)c(OC)c1.I. The summed E-state index contributed by atoms with van der Waals surface area (Å²) >= 11 is 0. The van der Waals surface area contributed by atoms with Crippen LogP contribution in [0.15, 0.2) is 41.4 Å². The van der Waals surface area contributed by atoms with Gasteiger partial charge in [0.05, 0.1) is 14.2 Å². The molecule has 0 saturated carbocycles. The molecule has 2 rings (SSSR count). The van der Waals surface area contributed by atoms with E-state index in [4.69, 9.17) is 9.47 Å². The zero-order valence-corrected chi connectivity index (χ0v) is 19.2. The number of rotatable bonds is 7. The van der Waals surface area contributed by atoms with Crippen molar-refractivity contribution < 1.29 is 13.9 Å². The number of halogens is 2. The van der Waals surface area contributed by atoms with Crippen molar-refractivity contribution in [1.82, 2.24) is 10.2 Å². The fourth-order valence-electron chi connectivity index (χ4n) is 2.62. The molecule has 0 saturated heterocycles. The molecule has 6 nitrogen and oxygen atoms in total. The first-order chi connectivity index (χ1) is 13.0. The average Bonchev–Trinajstić information content (AvgIpc) is 2.66. The molecule has 0 aliphatic rings. The third-order valence-electron chi connectivity index (χ3n) is 3.93. The Bertz CT molecular complexity index is 800. The fraction of sp³-hybridized carbons (Fsp3) is 0.350. The van der Waals surface area contributed by atoms with Crippen LogP contribution in [-0.4, -0.2) is 46.2 Å². The van der Waals surface area contributed by atoms with Gasteiger partial charge in [-0.15, -0.1) is 24.0 Å². The Kier molecular flexibility index (Phi) is 10.0. The van der Waals surface area contributed by atoms with Crippen LogP contribution in [0.1, 0.15) is 11.1 Å². The summed E-state index contributed by atoms with van der Waals surface area (Å²) in [5.41, 5.74) is 2.46. The lowest BCUT2D eigenvalue weighted by atomic mass is 10.1. The van der Waals surface area contributed by atoms with E-state index in [9.17, 15) is 4.39 Å². The van der Waals surface area contributed by atoms with Gasteiger partial charge in [-0.05, 0) is 43.9 Å². The summed E-state index contributed by atoms with van der Waals surface area (Å²) in [5, 5.41) is 6.44. The molecule has 0 atom stereocenters. The third kappa shape index (κ3) is 6.83. The van der Waals surface area contributed by atoms with Crippen LogP contribution in [-0.2, 0) is 13.1 Å². The molecule has 0 heterocycles. The minimum absolute atomic E-state index is 0. The Balaban J connectivity index is 0.00000392. The summed E-state index contributed by atoms with van der Waals surface area (Å²) in [4.78, 5) is 6.16. The van der Waals surface area contributed by atoms with Crippen LogP contribution in [0.5, 0.6) is 11.5 Å². The predicted octanol–water partition coefficient (Wildman–Crippen LogP) is 3.71. The fourth-order valence-corrected chi connectivity index (χ4v) is 2.62. The Labute approximate surface area is 183 Å². The van der Waals surface area contributed by atoms with Gasteiger partial charge in [-0.1, -0.05) is 6.07 Å². The molecule has 0 spiro atoms. The van der Waals surface area contributed by atoms with E-state index in [0.717, 1.165) is 11.3 Å². The molecule has 0 aliphatic carbocycles. The Morgan fingerprint density at radius 3 is 2.39 bits per heavy atom. The van der Waals surface area contributed by atoms with Crippen molar-refractivity contribution in [1.29, 1.82) is 0 Å². The van der Waals surface area contributed by atoms with Crippen LogP contribution in [0.4, 0.5) is 10.1 Å². The standard InChI is InChI=1S/C20H27FN4O2.HI/c1-22-20(24-16-7-9-18(26-4)19(11-16)27-5)23-12-14-6-8-17(21)15(10-14)13-25(2)3;/h6-11H,12-13H2,1-5H3,(H2,22,23,24);1H. The molecule has 0 aliphatic heterocycles. The quantitative estimate of drug-likeness (QED) is 0.344. The molecule has 2 N–H and O–H groups in total. The van der Waals surface area contributed by atoms with Gasteiger partial charge >= 0.3 is 0 Å². The highest BCUT2D eigenvalue weighted by Crippen LogP contribution is 2.29. The van der Waals surface area contributed by atoms with E-state index in [1.807, 2.05) is 43.3 Å². The third-order valence-corrected chi connectivity index (χ3v) is 3.93. The van der Waals surface area contributed by atoms with E-state index in [1.54, 1.807) is 27.3 Å². The van der Waals surface area contributed by atoms with Gasteiger partial charge in [-0.3, -0.25) is 4.99 Å². The van der Waals surface area contributed by atoms with Crippen molar-refractivity contribution in [2.24, 2.45) is 4.99 Å². The molecule has 2 aromatic rings. The second kappa shape index (κ2) is 11.7. The summed E-state index contributed by atoms with van der Waals surface area (Å²) in [7, 11) is 8.71. The molecule has 28 heavy (non-hydrogen) atoms. The zero-order chi connectivity index (χ0) is 19.8. The highest BCUT2D eigenvalue weighted by molar-refractivity contribution is 14.0. The molecule has 0 fully saturated rings. The molecule has 0 radical (unpaired) electrons. The molecular weight excluding hydrogens is 474 g/mol. The van der Waals surface area contributed by atoms with Gasteiger partial charge in [0.15, 0.2) is 17.5 Å². The molecular formula is C20H28FIN4O2. The number of methoxy groups -OCH3 is 2. The molecule has 0 unspecified atom stereocenters. The van der Waals surface area contributed by atoms with Crippen molar-refractivity contribution in [2.75, 3.05) is 40.7 Å². The number of ether oxygens (including phenoxy) is 2. The Morgan fingerprint density at radius 1 is 1.07 bits per heavy atom. The van der Waals surface area contributed by atoms with Crippen molar-refractivity contribution in [3.05, 3.63) is 53.3 Å². The summed E-state index contributed by atoms with van der Waals surface area (Å²) in [6.45, 7) is 1.08. The lowest BCUT2D eigenvalue weighted by Crippen LogP contribution is -2.30. The number of hydrogen-bond donors (Lipinski definition) is 2. The maximum Gasteiger partial charge on any atom is 0.195 e. The zero-order valence-electron chi connectivity index (χ0n) is 16.9. The van der Waals surface area contributed by atoms with E-state index in [1.165, 1.54) is 6.07 Å². The van der Waals surface area contributed by atoms with Crippen molar-refractivity contribution >= 4 is 35.6 Å². The Morgan fingerprint density at radius 2 is 1.79 bits per heavy atom. The van der Waals surface area contributed by atoms with Gasteiger partial charge in [0.25, 0.3) is 0 Å². The number of guanidine groups is 1. The highest BCUT2D eigenvalue weighted by atomic mass is 127. The molecule has 0 bridgehead atoms. The largest absolute Gasteiger partial charge is 0.493 e. The van der Waals surface area contributed by atoms with Crippen LogP contribution in [0.2, 0.25) is 0 Å². The number of nitrogens with one attached hydrogen (secondary N) is 2. The number of anilines is 1. The first-order valence-electron chi connectivity index (χ1n) is 8.58. The minimum atomic E-state index is -0.194.